The van der Waals surface area contributed by atoms with Gasteiger partial charge in [0.2, 0.25) is 0 Å². The number of hydrogen-bond acceptors (Lipinski definition) is 4. The Hall–Kier alpha value is -2.95. The predicted molar refractivity (Wildman–Crippen MR) is 128 cm³/mol. The molecule has 0 bridgehead atoms. The molecule has 3 aromatic rings. The highest BCUT2D eigenvalue weighted by Crippen LogP contribution is 2.24. The van der Waals surface area contributed by atoms with Gasteiger partial charge in [0.25, 0.3) is 0 Å². The highest BCUT2D eigenvalue weighted by molar-refractivity contribution is 5.64. The van der Waals surface area contributed by atoms with E-state index in [0.717, 1.165) is 35.5 Å². The fourth-order valence-electron chi connectivity index (χ4n) is 3.16. The smallest absolute Gasteiger partial charge is 0.159 e. The lowest BCUT2D eigenvalue weighted by Gasteiger charge is -2.13. The van der Waals surface area contributed by atoms with Gasteiger partial charge >= 0.3 is 0 Å². The van der Waals surface area contributed by atoms with Crippen molar-refractivity contribution in [2.24, 2.45) is 5.92 Å². The van der Waals surface area contributed by atoms with E-state index in [1.165, 1.54) is 19.3 Å². The van der Waals surface area contributed by atoms with Crippen LogP contribution in [0.2, 0.25) is 0 Å². The molecule has 1 atom stereocenters. The molecule has 0 saturated heterocycles. The third kappa shape index (κ3) is 7.04. The molecule has 1 unspecified atom stereocenters. The van der Waals surface area contributed by atoms with E-state index in [1.807, 2.05) is 74.8 Å². The van der Waals surface area contributed by atoms with Crippen molar-refractivity contribution in [3.63, 3.8) is 0 Å². The molecule has 0 radical (unpaired) electrons. The van der Waals surface area contributed by atoms with Crippen molar-refractivity contribution in [2.75, 3.05) is 13.2 Å². The lowest BCUT2D eigenvalue weighted by Crippen LogP contribution is -2.18. The second kappa shape index (κ2) is 12.2. The maximum Gasteiger partial charge on any atom is 0.159 e. The van der Waals surface area contributed by atoms with Gasteiger partial charge < -0.3 is 9.47 Å². The van der Waals surface area contributed by atoms with E-state index in [2.05, 4.69) is 16.9 Å². The molecule has 0 N–H and O–H groups in total. The van der Waals surface area contributed by atoms with Crippen molar-refractivity contribution in [2.45, 2.75) is 52.6 Å². The zero-order valence-corrected chi connectivity index (χ0v) is 19.3. The molecule has 0 fully saturated rings. The zero-order chi connectivity index (χ0) is 22.8. The summed E-state index contributed by atoms with van der Waals surface area (Å²) in [7, 11) is 0. The van der Waals surface area contributed by atoms with Gasteiger partial charge in [-0.15, -0.1) is 0 Å². The van der Waals surface area contributed by atoms with Crippen molar-refractivity contribution in [1.29, 1.82) is 0 Å². The standard InChI is InChI=1S/C27H33FN2O2/c1-4-5-6-7-16-31-24-12-8-21(9-13-24)23-17-29-27(30-18-23)22-10-14-25(15-11-22)32-19-26(28)20(2)3/h8-15,17-18,20,26H,4-7,16,19H2,1-3H3. The first-order valence-corrected chi connectivity index (χ1v) is 11.5. The van der Waals surface area contributed by atoms with E-state index in [9.17, 15) is 4.39 Å². The van der Waals surface area contributed by atoms with Crippen LogP contribution in [0.1, 0.15) is 46.5 Å². The summed E-state index contributed by atoms with van der Waals surface area (Å²) in [4.78, 5) is 9.02. The summed E-state index contributed by atoms with van der Waals surface area (Å²) in [5, 5.41) is 0. The molecule has 5 heteroatoms. The van der Waals surface area contributed by atoms with Crippen LogP contribution in [0.25, 0.3) is 22.5 Å². The van der Waals surface area contributed by atoms with Gasteiger partial charge in [-0.3, -0.25) is 0 Å². The molecule has 1 heterocycles. The van der Waals surface area contributed by atoms with Gasteiger partial charge in [0.1, 0.15) is 24.3 Å². The Bertz CT molecular complexity index is 925. The van der Waals surface area contributed by atoms with Gasteiger partial charge in [-0.25, -0.2) is 14.4 Å². The largest absolute Gasteiger partial charge is 0.494 e. The van der Waals surface area contributed by atoms with Gasteiger partial charge in [0.15, 0.2) is 5.82 Å². The van der Waals surface area contributed by atoms with Crippen molar-refractivity contribution in [3.05, 3.63) is 60.9 Å². The summed E-state index contributed by atoms with van der Waals surface area (Å²) < 4.78 is 25.0. The minimum Gasteiger partial charge on any atom is -0.494 e. The molecular formula is C27H33FN2O2. The van der Waals surface area contributed by atoms with E-state index in [0.29, 0.717) is 11.6 Å². The second-order valence-corrected chi connectivity index (χ2v) is 8.32. The number of alkyl halides is 1. The third-order valence-corrected chi connectivity index (χ3v) is 5.35. The quantitative estimate of drug-likeness (QED) is 0.283. The maximum absolute atomic E-state index is 13.7. The van der Waals surface area contributed by atoms with Gasteiger partial charge in [0.05, 0.1) is 6.61 Å². The Morgan fingerprint density at radius 3 is 1.94 bits per heavy atom. The zero-order valence-electron chi connectivity index (χ0n) is 19.3. The van der Waals surface area contributed by atoms with E-state index in [4.69, 9.17) is 9.47 Å². The average molecular weight is 437 g/mol. The van der Waals surface area contributed by atoms with Crippen molar-refractivity contribution < 1.29 is 13.9 Å². The van der Waals surface area contributed by atoms with Crippen LogP contribution in [-0.4, -0.2) is 29.4 Å². The van der Waals surface area contributed by atoms with E-state index in [-0.39, 0.29) is 12.5 Å². The Kier molecular flexibility index (Phi) is 9.02. The van der Waals surface area contributed by atoms with Crippen LogP contribution in [-0.2, 0) is 0 Å². The Labute approximate surface area is 190 Å². The molecule has 0 aliphatic rings. The lowest BCUT2D eigenvalue weighted by atomic mass is 10.1. The van der Waals surface area contributed by atoms with Crippen LogP contribution in [0, 0.1) is 5.92 Å². The highest BCUT2D eigenvalue weighted by atomic mass is 19.1. The predicted octanol–water partition coefficient (Wildman–Crippen LogP) is 7.14. The first-order valence-electron chi connectivity index (χ1n) is 11.5. The monoisotopic (exact) mass is 436 g/mol. The molecule has 4 nitrogen and oxygen atoms in total. The molecular weight excluding hydrogens is 403 g/mol. The third-order valence-electron chi connectivity index (χ3n) is 5.35. The number of nitrogens with zero attached hydrogens (tertiary/aromatic N) is 2. The van der Waals surface area contributed by atoms with Crippen LogP contribution in [0.4, 0.5) is 4.39 Å². The summed E-state index contributed by atoms with van der Waals surface area (Å²) in [6.07, 6.45) is 7.46. The molecule has 0 spiro atoms. The van der Waals surface area contributed by atoms with Crippen LogP contribution >= 0.6 is 0 Å². The number of hydrogen-bond donors (Lipinski definition) is 0. The number of aromatic nitrogens is 2. The van der Waals surface area contributed by atoms with Crippen molar-refractivity contribution >= 4 is 0 Å². The molecule has 0 saturated carbocycles. The molecule has 2 aromatic carbocycles. The summed E-state index contributed by atoms with van der Waals surface area (Å²) in [6.45, 7) is 6.71. The van der Waals surface area contributed by atoms with E-state index < -0.39 is 6.17 Å². The molecule has 0 amide bonds. The molecule has 170 valence electrons. The number of halogens is 1. The van der Waals surface area contributed by atoms with Gasteiger partial charge in [-0.2, -0.15) is 0 Å². The molecule has 3 rings (SSSR count). The fourth-order valence-corrected chi connectivity index (χ4v) is 3.16. The summed E-state index contributed by atoms with van der Waals surface area (Å²) in [5.74, 6) is 2.11. The van der Waals surface area contributed by atoms with Gasteiger partial charge in [-0.05, 0) is 54.3 Å². The first-order chi connectivity index (χ1) is 15.6. The normalized spacial score (nSPS) is 12.0. The fraction of sp³-hybridized carbons (Fsp3) is 0.407. The van der Waals surface area contributed by atoms with Gasteiger partial charge in [0, 0.05) is 23.5 Å². The minimum atomic E-state index is -0.975. The summed E-state index contributed by atoms with van der Waals surface area (Å²) in [6, 6.07) is 15.5. The number of rotatable bonds is 12. The molecule has 0 aliphatic heterocycles. The van der Waals surface area contributed by atoms with Crippen molar-refractivity contribution in [3.8, 4) is 34.0 Å². The van der Waals surface area contributed by atoms with Gasteiger partial charge in [-0.1, -0.05) is 52.2 Å². The SMILES string of the molecule is CCCCCCOc1ccc(-c2cnc(-c3ccc(OCC(F)C(C)C)cc3)nc2)cc1. The number of ether oxygens (including phenoxy) is 2. The molecule has 0 aliphatic carbocycles. The maximum atomic E-state index is 13.7. The summed E-state index contributed by atoms with van der Waals surface area (Å²) in [5.41, 5.74) is 2.88. The highest BCUT2D eigenvalue weighted by Gasteiger charge is 2.12. The van der Waals surface area contributed by atoms with Crippen LogP contribution in [0.15, 0.2) is 60.9 Å². The Balaban J connectivity index is 1.55. The molecule has 1 aromatic heterocycles. The lowest BCUT2D eigenvalue weighted by molar-refractivity contribution is 0.155. The van der Waals surface area contributed by atoms with Crippen LogP contribution in [0.3, 0.4) is 0 Å². The summed E-state index contributed by atoms with van der Waals surface area (Å²) >= 11 is 0. The topological polar surface area (TPSA) is 44.2 Å². The van der Waals surface area contributed by atoms with E-state index >= 15 is 0 Å². The Morgan fingerprint density at radius 1 is 0.750 bits per heavy atom. The number of benzene rings is 2. The van der Waals surface area contributed by atoms with E-state index in [1.54, 1.807) is 0 Å². The van der Waals surface area contributed by atoms with Crippen LogP contribution < -0.4 is 9.47 Å². The molecule has 32 heavy (non-hydrogen) atoms. The first kappa shape index (κ1) is 23.7. The second-order valence-electron chi connectivity index (χ2n) is 8.32. The Morgan fingerprint density at radius 2 is 1.34 bits per heavy atom. The van der Waals surface area contributed by atoms with Crippen LogP contribution in [0.5, 0.6) is 11.5 Å². The minimum absolute atomic E-state index is 0.0551. The van der Waals surface area contributed by atoms with Crippen molar-refractivity contribution in [1.82, 2.24) is 9.97 Å². The average Bonchev–Trinajstić information content (AvgIpc) is 2.83. The number of unbranched alkanes of at least 4 members (excludes halogenated alkanes) is 3.